The molecule has 1 aromatic carbocycles. The van der Waals surface area contributed by atoms with Gasteiger partial charge in [-0.2, -0.15) is 0 Å². The van der Waals surface area contributed by atoms with Crippen LogP contribution in [0.5, 0.6) is 0 Å². The van der Waals surface area contributed by atoms with Crippen molar-refractivity contribution in [3.8, 4) is 0 Å². The lowest BCUT2D eigenvalue weighted by atomic mass is 10.1. The molecule has 0 aliphatic carbocycles. The van der Waals surface area contributed by atoms with E-state index in [2.05, 4.69) is 15.3 Å². The summed E-state index contributed by atoms with van der Waals surface area (Å²) in [7, 11) is 0. The number of carbonyl (C=O) groups is 3. The number of hydrogen-bond acceptors (Lipinski definition) is 5. The van der Waals surface area contributed by atoms with E-state index in [4.69, 9.17) is 0 Å². The molecule has 1 N–H and O–H groups in total. The third-order valence-corrected chi connectivity index (χ3v) is 4.61. The normalized spacial score (nSPS) is 16.2. The van der Waals surface area contributed by atoms with E-state index in [0.717, 1.165) is 11.3 Å². The van der Waals surface area contributed by atoms with Gasteiger partial charge >= 0.3 is 0 Å². The fourth-order valence-corrected chi connectivity index (χ4v) is 3.23. The smallest absolute Gasteiger partial charge is 0.274 e. The number of nitrogens with zero attached hydrogens (tertiary/aromatic N) is 4. The molecule has 2 aliphatic rings. The topological polar surface area (TPSA) is 95.5 Å². The van der Waals surface area contributed by atoms with Gasteiger partial charge in [0.15, 0.2) is 0 Å². The van der Waals surface area contributed by atoms with Gasteiger partial charge in [-0.15, -0.1) is 0 Å². The molecule has 26 heavy (non-hydrogen) atoms. The van der Waals surface area contributed by atoms with E-state index in [1.165, 1.54) is 18.6 Å². The Morgan fingerprint density at radius 2 is 1.73 bits per heavy atom. The molecule has 8 heteroatoms. The van der Waals surface area contributed by atoms with Crippen molar-refractivity contribution in [2.75, 3.05) is 31.5 Å². The summed E-state index contributed by atoms with van der Waals surface area (Å²) in [4.78, 5) is 47.9. The molecular weight excluding hydrogens is 334 g/mol. The van der Waals surface area contributed by atoms with Crippen molar-refractivity contribution in [1.82, 2.24) is 19.8 Å². The Balaban J connectivity index is 1.40. The lowest BCUT2D eigenvalue weighted by molar-refractivity contribution is -0.115. The molecule has 4 rings (SSSR count). The quantitative estimate of drug-likeness (QED) is 0.853. The van der Waals surface area contributed by atoms with Crippen LogP contribution in [0.4, 0.5) is 5.69 Å². The van der Waals surface area contributed by atoms with Crippen LogP contribution in [0.1, 0.15) is 26.4 Å². The van der Waals surface area contributed by atoms with Gasteiger partial charge in [0.2, 0.25) is 5.91 Å². The Kier molecular flexibility index (Phi) is 4.08. The van der Waals surface area contributed by atoms with Crippen LogP contribution in [0.3, 0.4) is 0 Å². The maximum absolute atomic E-state index is 12.7. The molecule has 0 radical (unpaired) electrons. The van der Waals surface area contributed by atoms with Crippen molar-refractivity contribution in [3.63, 3.8) is 0 Å². The molecule has 1 aromatic heterocycles. The Labute approximate surface area is 149 Å². The SMILES string of the molecule is O=C1Cc2cc(C(=O)N3CCN(C(=O)c4cnccn4)CC3)ccc2N1. The van der Waals surface area contributed by atoms with Gasteiger partial charge in [-0.25, -0.2) is 4.98 Å². The van der Waals surface area contributed by atoms with Crippen LogP contribution in [0.2, 0.25) is 0 Å². The molecule has 0 saturated carbocycles. The summed E-state index contributed by atoms with van der Waals surface area (Å²) in [6, 6.07) is 5.26. The fraction of sp³-hybridized carbons (Fsp3) is 0.278. The van der Waals surface area contributed by atoms with Crippen LogP contribution >= 0.6 is 0 Å². The number of benzene rings is 1. The summed E-state index contributed by atoms with van der Waals surface area (Å²) >= 11 is 0. The van der Waals surface area contributed by atoms with Crippen LogP contribution in [-0.4, -0.2) is 63.7 Å². The summed E-state index contributed by atoms with van der Waals surface area (Å²) in [5.41, 5.74) is 2.49. The van der Waals surface area contributed by atoms with Crippen molar-refractivity contribution in [2.24, 2.45) is 0 Å². The van der Waals surface area contributed by atoms with Gasteiger partial charge in [0, 0.05) is 49.8 Å². The number of fused-ring (bicyclic) bond motifs is 1. The Bertz CT molecular complexity index is 876. The lowest BCUT2D eigenvalue weighted by Crippen LogP contribution is -2.50. The fourth-order valence-electron chi connectivity index (χ4n) is 3.23. The number of nitrogens with one attached hydrogen (secondary N) is 1. The predicted molar refractivity (Wildman–Crippen MR) is 92.6 cm³/mol. The van der Waals surface area contributed by atoms with Crippen molar-refractivity contribution in [3.05, 3.63) is 53.6 Å². The molecule has 132 valence electrons. The second kappa shape index (κ2) is 6.55. The second-order valence-electron chi connectivity index (χ2n) is 6.27. The molecule has 0 bridgehead atoms. The maximum Gasteiger partial charge on any atom is 0.274 e. The van der Waals surface area contributed by atoms with E-state index >= 15 is 0 Å². The zero-order valence-corrected chi connectivity index (χ0v) is 14.0. The van der Waals surface area contributed by atoms with Crippen molar-refractivity contribution >= 4 is 23.4 Å². The van der Waals surface area contributed by atoms with Crippen LogP contribution in [0.15, 0.2) is 36.8 Å². The summed E-state index contributed by atoms with van der Waals surface area (Å²) in [6.45, 7) is 1.82. The third-order valence-electron chi connectivity index (χ3n) is 4.61. The number of carbonyl (C=O) groups excluding carboxylic acids is 3. The number of aromatic nitrogens is 2. The standard InChI is InChI=1S/C18H17N5O3/c24-16-10-13-9-12(1-2-14(13)21-16)17(25)22-5-7-23(8-6-22)18(26)15-11-19-3-4-20-15/h1-4,9,11H,5-8,10H2,(H,21,24). The average Bonchev–Trinajstić information content (AvgIpc) is 3.07. The lowest BCUT2D eigenvalue weighted by Gasteiger charge is -2.34. The highest BCUT2D eigenvalue weighted by Gasteiger charge is 2.27. The first kappa shape index (κ1) is 16.2. The number of amides is 3. The molecule has 3 heterocycles. The zero-order chi connectivity index (χ0) is 18.1. The van der Waals surface area contributed by atoms with Crippen LogP contribution in [0, 0.1) is 0 Å². The molecular formula is C18H17N5O3. The van der Waals surface area contributed by atoms with Gasteiger partial charge in [-0.1, -0.05) is 0 Å². The van der Waals surface area contributed by atoms with Gasteiger partial charge in [-0.05, 0) is 23.8 Å². The highest BCUT2D eigenvalue weighted by atomic mass is 16.2. The minimum atomic E-state index is -0.174. The summed E-state index contributed by atoms with van der Waals surface area (Å²) in [6.07, 6.45) is 4.75. The third kappa shape index (κ3) is 3.01. The summed E-state index contributed by atoms with van der Waals surface area (Å²) in [5, 5.41) is 2.76. The van der Waals surface area contributed by atoms with E-state index in [9.17, 15) is 14.4 Å². The van der Waals surface area contributed by atoms with Crippen LogP contribution in [0.25, 0.3) is 0 Å². The average molecular weight is 351 g/mol. The Hall–Kier alpha value is -3.29. The number of rotatable bonds is 2. The van der Waals surface area contributed by atoms with Crippen molar-refractivity contribution in [2.45, 2.75) is 6.42 Å². The number of hydrogen-bond donors (Lipinski definition) is 1. The summed E-state index contributed by atoms with van der Waals surface area (Å²) < 4.78 is 0. The van der Waals surface area contributed by atoms with Gasteiger partial charge < -0.3 is 15.1 Å². The molecule has 2 aliphatic heterocycles. The van der Waals surface area contributed by atoms with Crippen molar-refractivity contribution in [1.29, 1.82) is 0 Å². The minimum Gasteiger partial charge on any atom is -0.335 e. The van der Waals surface area contributed by atoms with Crippen LogP contribution < -0.4 is 5.32 Å². The number of piperazine rings is 1. The van der Waals surface area contributed by atoms with E-state index in [-0.39, 0.29) is 17.7 Å². The van der Waals surface area contributed by atoms with Gasteiger partial charge in [-0.3, -0.25) is 19.4 Å². The Morgan fingerprint density at radius 1 is 1.00 bits per heavy atom. The van der Waals surface area contributed by atoms with Gasteiger partial charge in [0.05, 0.1) is 12.6 Å². The molecule has 2 aromatic rings. The first-order valence-corrected chi connectivity index (χ1v) is 8.39. The largest absolute Gasteiger partial charge is 0.335 e. The molecule has 0 atom stereocenters. The molecule has 1 fully saturated rings. The van der Waals surface area contributed by atoms with E-state index in [0.29, 0.717) is 43.9 Å². The molecule has 1 saturated heterocycles. The van der Waals surface area contributed by atoms with E-state index in [1.807, 2.05) is 0 Å². The minimum absolute atomic E-state index is 0.0549. The molecule has 3 amide bonds. The first-order valence-electron chi connectivity index (χ1n) is 8.39. The summed E-state index contributed by atoms with van der Waals surface area (Å²) in [5.74, 6) is -0.313. The predicted octanol–water partition coefficient (Wildman–Crippen LogP) is 0.569. The highest BCUT2D eigenvalue weighted by molar-refractivity contribution is 6.01. The van der Waals surface area contributed by atoms with E-state index in [1.54, 1.807) is 28.0 Å². The second-order valence-corrected chi connectivity index (χ2v) is 6.27. The Morgan fingerprint density at radius 3 is 2.42 bits per heavy atom. The van der Waals surface area contributed by atoms with Gasteiger partial charge in [0.1, 0.15) is 5.69 Å². The monoisotopic (exact) mass is 351 g/mol. The van der Waals surface area contributed by atoms with Crippen LogP contribution in [-0.2, 0) is 11.2 Å². The van der Waals surface area contributed by atoms with Gasteiger partial charge in [0.25, 0.3) is 11.8 Å². The number of anilines is 1. The molecule has 0 spiro atoms. The highest BCUT2D eigenvalue weighted by Crippen LogP contribution is 2.24. The molecule has 0 unspecified atom stereocenters. The van der Waals surface area contributed by atoms with E-state index < -0.39 is 0 Å². The van der Waals surface area contributed by atoms with Crippen molar-refractivity contribution < 1.29 is 14.4 Å². The maximum atomic E-state index is 12.7. The zero-order valence-electron chi connectivity index (χ0n) is 14.0. The first-order chi connectivity index (χ1) is 12.6. The molecule has 8 nitrogen and oxygen atoms in total.